The molecule has 0 aliphatic heterocycles. The van der Waals surface area contributed by atoms with Gasteiger partial charge in [0, 0.05) is 55.1 Å². The van der Waals surface area contributed by atoms with Crippen LogP contribution in [0.25, 0.3) is 22.5 Å². The number of hydrogen-bond donors (Lipinski definition) is 2. The van der Waals surface area contributed by atoms with Crippen LogP contribution in [0.1, 0.15) is 27.7 Å². The van der Waals surface area contributed by atoms with Gasteiger partial charge in [0.05, 0.1) is 15.7 Å². The van der Waals surface area contributed by atoms with Crippen LogP contribution in [0.5, 0.6) is 0 Å². The molecule has 0 amide bonds. The molecular formula is C28H30Cl2N8O. The highest BCUT2D eigenvalue weighted by Gasteiger charge is 2.19. The zero-order valence-electron chi connectivity index (χ0n) is 22.2. The molecule has 5 rings (SSSR count). The van der Waals surface area contributed by atoms with Crippen molar-refractivity contribution in [3.63, 3.8) is 0 Å². The Kier molecular flexibility index (Phi) is 7.74. The molecule has 3 heterocycles. The van der Waals surface area contributed by atoms with Crippen molar-refractivity contribution < 1.29 is 0 Å². The molecule has 11 heteroatoms. The Labute approximate surface area is 236 Å². The van der Waals surface area contributed by atoms with E-state index in [2.05, 4.69) is 70.3 Å². The number of anilines is 3. The second-order valence-electron chi connectivity index (χ2n) is 9.81. The Morgan fingerprint density at radius 1 is 1.00 bits per heavy atom. The molecule has 0 bridgehead atoms. The average Bonchev–Trinajstić information content (AvgIpc) is 3.38. The third kappa shape index (κ3) is 5.43. The van der Waals surface area contributed by atoms with Crippen molar-refractivity contribution in [3.05, 3.63) is 81.5 Å². The van der Waals surface area contributed by atoms with Crippen LogP contribution in [0, 0.1) is 0 Å². The standard InChI is InChI=1S/C28H30Cl2N8O/c1-17(2)31-12-14-36(18(3)4)20-10-8-19(9-11-20)34-27-33-16-21-25(35-27)37-15-13-32-28(37)38(26(21)39)24-22(29)6-5-7-23(24)30/h5-11,13,15-18,31H,12,14H2,1-4H3,(H,33,34,35). The molecule has 9 nitrogen and oxygen atoms in total. The number of halogens is 2. The van der Waals surface area contributed by atoms with E-state index < -0.39 is 0 Å². The van der Waals surface area contributed by atoms with E-state index >= 15 is 0 Å². The fourth-order valence-electron chi connectivity index (χ4n) is 4.53. The van der Waals surface area contributed by atoms with Gasteiger partial charge in [-0.2, -0.15) is 4.98 Å². The van der Waals surface area contributed by atoms with Crippen molar-refractivity contribution in [3.8, 4) is 5.69 Å². The van der Waals surface area contributed by atoms with E-state index in [1.165, 1.54) is 10.8 Å². The zero-order valence-corrected chi connectivity index (χ0v) is 23.7. The molecule has 2 N–H and O–H groups in total. The molecule has 0 aliphatic carbocycles. The molecule has 2 aromatic carbocycles. The first kappa shape index (κ1) is 26.9. The van der Waals surface area contributed by atoms with Crippen molar-refractivity contribution in [1.82, 2.24) is 29.2 Å². The Hall–Kier alpha value is -3.66. The predicted octanol–water partition coefficient (Wildman–Crippen LogP) is 5.69. The molecular weight excluding hydrogens is 535 g/mol. The first-order valence-corrected chi connectivity index (χ1v) is 13.6. The van der Waals surface area contributed by atoms with E-state index in [-0.39, 0.29) is 5.56 Å². The molecule has 0 saturated heterocycles. The Morgan fingerprint density at radius 2 is 1.72 bits per heavy atom. The van der Waals surface area contributed by atoms with Gasteiger partial charge >= 0.3 is 0 Å². The van der Waals surface area contributed by atoms with Gasteiger partial charge in [0.25, 0.3) is 5.56 Å². The van der Waals surface area contributed by atoms with Gasteiger partial charge < -0.3 is 15.5 Å². The minimum atomic E-state index is -0.365. The number of rotatable bonds is 9. The molecule has 39 heavy (non-hydrogen) atoms. The van der Waals surface area contributed by atoms with Crippen molar-refractivity contribution in [2.45, 2.75) is 39.8 Å². The Balaban J connectivity index is 1.46. The molecule has 3 aromatic heterocycles. The minimum absolute atomic E-state index is 0.306. The van der Waals surface area contributed by atoms with Gasteiger partial charge in [-0.1, -0.05) is 43.1 Å². The van der Waals surface area contributed by atoms with Crippen LogP contribution in [0.2, 0.25) is 10.0 Å². The lowest BCUT2D eigenvalue weighted by molar-refractivity contribution is 0.565. The Bertz CT molecular complexity index is 1660. The van der Waals surface area contributed by atoms with Gasteiger partial charge in [-0.25, -0.2) is 14.5 Å². The topological polar surface area (TPSA) is 92.4 Å². The van der Waals surface area contributed by atoms with Crippen LogP contribution >= 0.6 is 23.2 Å². The summed E-state index contributed by atoms with van der Waals surface area (Å²) in [6, 6.07) is 14.1. The summed E-state index contributed by atoms with van der Waals surface area (Å²) in [6.45, 7) is 10.5. The number of nitrogens with one attached hydrogen (secondary N) is 2. The lowest BCUT2D eigenvalue weighted by Crippen LogP contribution is -2.38. The second-order valence-corrected chi connectivity index (χ2v) is 10.6. The van der Waals surface area contributed by atoms with Crippen LogP contribution < -0.4 is 21.1 Å². The maximum atomic E-state index is 13.6. The average molecular weight is 566 g/mol. The van der Waals surface area contributed by atoms with Crippen LogP contribution in [0.15, 0.2) is 65.8 Å². The second kappa shape index (κ2) is 11.2. The highest BCUT2D eigenvalue weighted by atomic mass is 35.5. The summed E-state index contributed by atoms with van der Waals surface area (Å²) >= 11 is 12.9. The quantitative estimate of drug-likeness (QED) is 0.237. The molecule has 0 aliphatic rings. The van der Waals surface area contributed by atoms with E-state index in [1.807, 2.05) is 12.1 Å². The maximum absolute atomic E-state index is 13.6. The van der Waals surface area contributed by atoms with Gasteiger partial charge in [0.1, 0.15) is 5.39 Å². The summed E-state index contributed by atoms with van der Waals surface area (Å²) in [7, 11) is 0. The van der Waals surface area contributed by atoms with E-state index in [9.17, 15) is 4.79 Å². The first-order chi connectivity index (χ1) is 18.7. The van der Waals surface area contributed by atoms with Gasteiger partial charge in [-0.05, 0) is 50.2 Å². The summed E-state index contributed by atoms with van der Waals surface area (Å²) in [5.74, 6) is 0.706. The van der Waals surface area contributed by atoms with E-state index in [4.69, 9.17) is 23.2 Å². The van der Waals surface area contributed by atoms with Crippen molar-refractivity contribution in [2.75, 3.05) is 23.3 Å². The third-order valence-electron chi connectivity index (χ3n) is 6.40. The lowest BCUT2D eigenvalue weighted by Gasteiger charge is -2.29. The summed E-state index contributed by atoms with van der Waals surface area (Å²) in [6.07, 6.45) is 4.84. The minimum Gasteiger partial charge on any atom is -0.368 e. The number of nitrogens with zero attached hydrogens (tertiary/aromatic N) is 6. The smallest absolute Gasteiger partial charge is 0.270 e. The third-order valence-corrected chi connectivity index (χ3v) is 7.01. The van der Waals surface area contributed by atoms with Crippen LogP contribution in [0.3, 0.4) is 0 Å². The number of hydrogen-bond acceptors (Lipinski definition) is 7. The highest BCUT2D eigenvalue weighted by molar-refractivity contribution is 6.37. The summed E-state index contributed by atoms with van der Waals surface area (Å²) in [4.78, 5) is 29.4. The first-order valence-electron chi connectivity index (χ1n) is 12.8. The van der Waals surface area contributed by atoms with E-state index in [1.54, 1.807) is 35.0 Å². The number of benzene rings is 2. The van der Waals surface area contributed by atoms with E-state index in [0.717, 1.165) is 24.5 Å². The molecule has 0 radical (unpaired) electrons. The molecule has 5 aromatic rings. The fraction of sp³-hybridized carbons (Fsp3) is 0.286. The number of aromatic nitrogens is 5. The maximum Gasteiger partial charge on any atom is 0.270 e. The highest BCUT2D eigenvalue weighted by Crippen LogP contribution is 2.29. The predicted molar refractivity (Wildman–Crippen MR) is 159 cm³/mol. The van der Waals surface area contributed by atoms with Crippen LogP contribution in [-0.4, -0.2) is 49.1 Å². The van der Waals surface area contributed by atoms with Gasteiger partial charge in [0.15, 0.2) is 5.65 Å². The van der Waals surface area contributed by atoms with Crippen molar-refractivity contribution in [1.29, 1.82) is 0 Å². The normalized spacial score (nSPS) is 11.7. The summed E-state index contributed by atoms with van der Waals surface area (Å²) in [5, 5.41) is 7.71. The molecule has 202 valence electrons. The Morgan fingerprint density at radius 3 is 2.38 bits per heavy atom. The van der Waals surface area contributed by atoms with Crippen molar-refractivity contribution >= 4 is 57.3 Å². The largest absolute Gasteiger partial charge is 0.368 e. The monoisotopic (exact) mass is 564 g/mol. The van der Waals surface area contributed by atoms with Crippen LogP contribution in [0.4, 0.5) is 17.3 Å². The van der Waals surface area contributed by atoms with Gasteiger partial charge in [-0.3, -0.25) is 9.20 Å². The lowest BCUT2D eigenvalue weighted by atomic mass is 10.2. The zero-order chi connectivity index (χ0) is 27.7. The SMILES string of the molecule is CC(C)NCCN(c1ccc(Nc2ncc3c(=O)n(-c4c(Cl)cccc4Cl)c4nccn4c3n2)cc1)C(C)C. The molecule has 0 fully saturated rings. The number of fused-ring (bicyclic) bond motifs is 3. The molecule has 0 spiro atoms. The number of imidazole rings is 1. The van der Waals surface area contributed by atoms with Gasteiger partial charge in [0.2, 0.25) is 11.7 Å². The summed E-state index contributed by atoms with van der Waals surface area (Å²) < 4.78 is 3.11. The van der Waals surface area contributed by atoms with Crippen LogP contribution in [-0.2, 0) is 0 Å². The fourth-order valence-corrected chi connectivity index (χ4v) is 5.10. The molecule has 0 saturated carbocycles. The van der Waals surface area contributed by atoms with E-state index in [0.29, 0.717) is 50.6 Å². The van der Waals surface area contributed by atoms with Crippen molar-refractivity contribution in [2.24, 2.45) is 0 Å². The molecule has 0 unspecified atom stereocenters. The van der Waals surface area contributed by atoms with Gasteiger partial charge in [-0.15, -0.1) is 0 Å². The number of para-hydroxylation sites is 1. The molecule has 0 atom stereocenters. The summed E-state index contributed by atoms with van der Waals surface area (Å²) in [5.41, 5.74) is 2.39.